The molecule has 0 radical (unpaired) electrons. The number of carbonyl (C=O) groups is 3. The Kier molecular flexibility index (Phi) is 7.23. The van der Waals surface area contributed by atoms with Crippen LogP contribution in [0.2, 0.25) is 5.02 Å². The lowest BCUT2D eigenvalue weighted by Gasteiger charge is -2.43. The molecule has 8 rings (SSSR count). The van der Waals surface area contributed by atoms with Gasteiger partial charge in [-0.15, -0.1) is 11.8 Å². The molecule has 4 fully saturated rings. The molecule has 2 saturated carbocycles. The second-order valence-corrected chi connectivity index (χ2v) is 14.8. The van der Waals surface area contributed by atoms with Gasteiger partial charge in [0.15, 0.2) is 6.61 Å². The van der Waals surface area contributed by atoms with Crippen LogP contribution in [0.1, 0.15) is 22.8 Å². The van der Waals surface area contributed by atoms with E-state index in [2.05, 4.69) is 4.98 Å². The van der Waals surface area contributed by atoms with E-state index < -0.39 is 16.8 Å². The van der Waals surface area contributed by atoms with Crippen molar-refractivity contribution >= 4 is 63.8 Å². The largest absolute Gasteiger partial charge is 0.483 e. The van der Waals surface area contributed by atoms with Crippen LogP contribution >= 0.6 is 34.7 Å². The highest BCUT2D eigenvalue weighted by molar-refractivity contribution is 8.00. The number of imide groups is 1. The minimum Gasteiger partial charge on any atom is -0.483 e. The fourth-order valence-electron chi connectivity index (χ4n) is 8.28. The number of carbonyl (C=O) groups excluding carboxylic acids is 3. The number of H-pyrrole nitrogens is 1. The fraction of sp³-hybridized carbons (Fsp3) is 0.419. The van der Waals surface area contributed by atoms with Crippen molar-refractivity contribution in [1.29, 1.82) is 0 Å². The number of aromatic amines is 1. The SMILES string of the molecule is O=C(COc1ccc(Cl)cc1[C@@H]1c2sc(=O)[nH]c2S[C@@H]2[C@@H]3C[C@@H]([C@@H]4C(=O)N(c5ccc([N+](=O)[O-])cc5)C(=O)[C@@H]34)[C@H]12)N1CCOCC1. The molecule has 2 saturated heterocycles. The summed E-state index contributed by atoms with van der Waals surface area (Å²) in [7, 11) is 0. The van der Waals surface area contributed by atoms with Crippen molar-refractivity contribution in [3.05, 3.63) is 77.7 Å². The third kappa shape index (κ3) is 4.60. The topological polar surface area (TPSA) is 152 Å². The van der Waals surface area contributed by atoms with Crippen molar-refractivity contribution in [2.45, 2.75) is 22.6 Å². The van der Waals surface area contributed by atoms with Gasteiger partial charge in [-0.3, -0.25) is 34.2 Å². The van der Waals surface area contributed by atoms with Crippen LogP contribution in [0.25, 0.3) is 0 Å². The number of nitro groups is 1. The molecule has 0 unspecified atom stereocenters. The number of hydrogen-bond donors (Lipinski definition) is 1. The zero-order valence-corrected chi connectivity index (χ0v) is 26.5. The molecule has 1 N–H and O–H groups in total. The number of morpholine rings is 1. The van der Waals surface area contributed by atoms with E-state index in [1.165, 1.54) is 29.2 Å². The molecule has 238 valence electrons. The first kappa shape index (κ1) is 29.7. The monoisotopic (exact) mass is 682 g/mol. The predicted octanol–water partition coefficient (Wildman–Crippen LogP) is 3.91. The van der Waals surface area contributed by atoms with Gasteiger partial charge in [0.05, 0.1) is 40.7 Å². The third-order valence-electron chi connectivity index (χ3n) is 10.1. The number of benzene rings is 2. The summed E-state index contributed by atoms with van der Waals surface area (Å²) in [5.41, 5.74) is 0.933. The summed E-state index contributed by atoms with van der Waals surface area (Å²) in [6.07, 6.45) is 0.686. The highest BCUT2D eigenvalue weighted by Gasteiger charge is 2.70. The van der Waals surface area contributed by atoms with Crippen molar-refractivity contribution in [3.8, 4) is 5.75 Å². The summed E-state index contributed by atoms with van der Waals surface area (Å²) in [4.78, 5) is 70.8. The van der Waals surface area contributed by atoms with Crippen LogP contribution in [-0.2, 0) is 19.1 Å². The summed E-state index contributed by atoms with van der Waals surface area (Å²) >= 11 is 9.24. The van der Waals surface area contributed by atoms with Crippen LogP contribution < -0.4 is 14.5 Å². The van der Waals surface area contributed by atoms with Gasteiger partial charge in [-0.2, -0.15) is 0 Å². The normalized spacial score (nSPS) is 29.5. The molecule has 4 heterocycles. The van der Waals surface area contributed by atoms with E-state index >= 15 is 0 Å². The number of ether oxygens (including phenoxy) is 2. The first-order valence-corrected chi connectivity index (χ1v) is 17.1. The van der Waals surface area contributed by atoms with Crippen molar-refractivity contribution in [1.82, 2.24) is 9.88 Å². The minimum absolute atomic E-state index is 0.0654. The number of halogens is 1. The van der Waals surface area contributed by atoms with Crippen molar-refractivity contribution in [2.24, 2.45) is 29.6 Å². The zero-order chi connectivity index (χ0) is 31.9. The Bertz CT molecular complexity index is 1840. The number of nitro benzene ring substituents is 1. The number of hydrogen-bond acceptors (Lipinski definition) is 10. The quantitative estimate of drug-likeness (QED) is 0.232. The minimum atomic E-state index is -0.555. The van der Waals surface area contributed by atoms with Crippen LogP contribution in [-0.4, -0.2) is 70.7 Å². The van der Waals surface area contributed by atoms with E-state index in [-0.39, 0.29) is 63.8 Å². The second-order valence-electron chi connectivity index (χ2n) is 12.2. The molecule has 12 nitrogen and oxygen atoms in total. The standard InChI is InChI=1S/C31H27ClN4O8S2/c32-14-1-6-20(44-13-21(37)34-7-9-43-10-8-34)17(11-14)22-23-18-12-19(26(23)45-28-27(22)46-31(40)33-28)25-24(18)29(38)35(30(25)39)15-2-4-16(5-3-15)36(41)42/h1-6,11,18-19,22-26H,7-10,12-13H2,(H,33,40)/t18-,19-,22+,23-,24+,25+,26-/m1/s1. The van der Waals surface area contributed by atoms with Gasteiger partial charge in [0, 0.05) is 51.9 Å². The lowest BCUT2D eigenvalue weighted by molar-refractivity contribution is -0.384. The van der Waals surface area contributed by atoms with E-state index in [4.69, 9.17) is 21.1 Å². The van der Waals surface area contributed by atoms with Gasteiger partial charge < -0.3 is 19.4 Å². The van der Waals surface area contributed by atoms with E-state index in [0.717, 1.165) is 26.8 Å². The predicted molar refractivity (Wildman–Crippen MR) is 168 cm³/mol. The molecule has 15 heteroatoms. The number of non-ortho nitro benzene ring substituents is 1. The van der Waals surface area contributed by atoms with Crippen LogP contribution in [0.3, 0.4) is 0 Å². The van der Waals surface area contributed by atoms with E-state index in [1.807, 2.05) is 6.07 Å². The molecular formula is C31H27ClN4O8S2. The second kappa shape index (κ2) is 11.2. The molecule has 3 aliphatic heterocycles. The summed E-state index contributed by atoms with van der Waals surface area (Å²) in [6.45, 7) is 1.77. The number of rotatable bonds is 6. The summed E-state index contributed by atoms with van der Waals surface area (Å²) < 4.78 is 11.5. The Labute approximate surface area is 275 Å². The van der Waals surface area contributed by atoms with Crippen molar-refractivity contribution < 1.29 is 28.8 Å². The fourth-order valence-corrected chi connectivity index (χ4v) is 11.3. The summed E-state index contributed by atoms with van der Waals surface area (Å²) in [5.74, 6) is -2.08. The average Bonchev–Trinajstić information content (AvgIpc) is 3.79. The molecule has 2 aliphatic carbocycles. The molecule has 7 atom stereocenters. The summed E-state index contributed by atoms with van der Waals surface area (Å²) in [5, 5.41) is 12.3. The lowest BCUT2D eigenvalue weighted by Crippen LogP contribution is -2.43. The highest BCUT2D eigenvalue weighted by Crippen LogP contribution is 2.69. The third-order valence-corrected chi connectivity index (χ3v) is 12.9. The molecule has 46 heavy (non-hydrogen) atoms. The molecule has 3 amide bonds. The highest BCUT2D eigenvalue weighted by atomic mass is 35.5. The lowest BCUT2D eigenvalue weighted by atomic mass is 9.68. The van der Waals surface area contributed by atoms with Crippen LogP contribution in [0.5, 0.6) is 5.75 Å². The number of aromatic nitrogens is 1. The summed E-state index contributed by atoms with van der Waals surface area (Å²) in [6, 6.07) is 10.7. The number of thiazole rings is 1. The maximum atomic E-state index is 14.0. The molecule has 2 aromatic carbocycles. The Hall–Kier alpha value is -3.72. The van der Waals surface area contributed by atoms with Crippen LogP contribution in [0.4, 0.5) is 11.4 Å². The van der Waals surface area contributed by atoms with Gasteiger partial charge in [0.1, 0.15) is 5.75 Å². The van der Waals surface area contributed by atoms with Gasteiger partial charge in [-0.05, 0) is 54.5 Å². The number of anilines is 1. The van der Waals surface area contributed by atoms with E-state index in [0.29, 0.717) is 49.2 Å². The van der Waals surface area contributed by atoms with Gasteiger partial charge in [0.25, 0.3) is 11.6 Å². The first-order chi connectivity index (χ1) is 22.2. The van der Waals surface area contributed by atoms with Gasteiger partial charge in [0.2, 0.25) is 11.8 Å². The zero-order valence-electron chi connectivity index (χ0n) is 24.1. The Balaban J connectivity index is 1.15. The molecule has 3 aromatic rings. The average molecular weight is 683 g/mol. The molecule has 0 spiro atoms. The number of thioether (sulfide) groups is 1. The smallest absolute Gasteiger partial charge is 0.305 e. The molecule has 5 aliphatic rings. The Morgan fingerprint density at radius 2 is 1.78 bits per heavy atom. The molecular weight excluding hydrogens is 656 g/mol. The van der Waals surface area contributed by atoms with Crippen molar-refractivity contribution in [2.75, 3.05) is 37.8 Å². The maximum absolute atomic E-state index is 14.0. The first-order valence-electron chi connectivity index (χ1n) is 15.0. The van der Waals surface area contributed by atoms with Crippen molar-refractivity contribution in [3.63, 3.8) is 0 Å². The maximum Gasteiger partial charge on any atom is 0.305 e. The van der Waals surface area contributed by atoms with Gasteiger partial charge in [-0.1, -0.05) is 22.9 Å². The molecule has 1 aromatic heterocycles. The Morgan fingerprint density at radius 1 is 1.07 bits per heavy atom. The van der Waals surface area contributed by atoms with Gasteiger partial charge in [-0.25, -0.2) is 0 Å². The number of nitrogens with zero attached hydrogens (tertiary/aromatic N) is 3. The number of fused-ring (bicyclic) bond motifs is 9. The van der Waals surface area contributed by atoms with Gasteiger partial charge >= 0.3 is 4.87 Å². The Morgan fingerprint density at radius 3 is 2.50 bits per heavy atom. The number of nitrogens with one attached hydrogen (secondary N) is 1. The van der Waals surface area contributed by atoms with Crippen LogP contribution in [0, 0.1) is 39.7 Å². The van der Waals surface area contributed by atoms with Crippen LogP contribution in [0.15, 0.2) is 52.3 Å². The van der Waals surface area contributed by atoms with E-state index in [9.17, 15) is 29.3 Å². The number of amides is 3. The van der Waals surface area contributed by atoms with E-state index in [1.54, 1.807) is 28.8 Å². The molecule has 2 bridgehead atoms.